The first kappa shape index (κ1) is 16.7. The summed E-state index contributed by atoms with van der Waals surface area (Å²) in [5, 5.41) is 11.8. The van der Waals surface area contributed by atoms with Crippen molar-refractivity contribution in [2.24, 2.45) is 11.8 Å². The van der Waals surface area contributed by atoms with Gasteiger partial charge in [0.25, 0.3) is 0 Å². The molecule has 0 aliphatic heterocycles. The number of hydrogen-bond donors (Lipinski definition) is 2. The zero-order chi connectivity index (χ0) is 15.0. The highest BCUT2D eigenvalue weighted by Crippen LogP contribution is 2.31. The number of rotatable bonds is 9. The molecule has 0 aromatic carbocycles. The zero-order valence-corrected chi connectivity index (χ0v) is 12.4. The van der Waals surface area contributed by atoms with Crippen molar-refractivity contribution in [1.29, 1.82) is 0 Å². The second kappa shape index (κ2) is 8.77. The van der Waals surface area contributed by atoms with Crippen molar-refractivity contribution in [2.75, 3.05) is 0 Å². The highest BCUT2D eigenvalue weighted by atomic mass is 16.4. The number of aliphatic carboxylic acids is 1. The molecule has 2 N–H and O–H groups in total. The summed E-state index contributed by atoms with van der Waals surface area (Å²) in [6, 6.07) is -0.793. The van der Waals surface area contributed by atoms with Gasteiger partial charge in [-0.15, -0.1) is 6.58 Å². The van der Waals surface area contributed by atoms with Gasteiger partial charge in [-0.25, -0.2) is 4.79 Å². The number of carboxylic acids is 1. The lowest BCUT2D eigenvalue weighted by Gasteiger charge is -2.21. The third-order valence-corrected chi connectivity index (χ3v) is 4.23. The van der Waals surface area contributed by atoms with Gasteiger partial charge in [0, 0.05) is 5.92 Å². The van der Waals surface area contributed by atoms with Crippen molar-refractivity contribution in [3.63, 3.8) is 0 Å². The topological polar surface area (TPSA) is 66.4 Å². The molecule has 4 heteroatoms. The molecule has 0 heterocycles. The van der Waals surface area contributed by atoms with Crippen molar-refractivity contribution in [1.82, 2.24) is 5.32 Å². The van der Waals surface area contributed by atoms with E-state index < -0.39 is 12.0 Å². The van der Waals surface area contributed by atoms with Crippen molar-refractivity contribution >= 4 is 11.9 Å². The fraction of sp³-hybridized carbons (Fsp3) is 0.750. The molecule has 0 bridgehead atoms. The molecule has 0 spiro atoms. The smallest absolute Gasteiger partial charge is 0.326 e. The highest BCUT2D eigenvalue weighted by Gasteiger charge is 2.27. The maximum absolute atomic E-state index is 12.2. The third-order valence-electron chi connectivity index (χ3n) is 4.23. The van der Waals surface area contributed by atoms with Crippen molar-refractivity contribution in [2.45, 2.75) is 64.3 Å². The SMILES string of the molecule is C=CCCC(NC(=O)C(CC)CC1CCCC1)C(=O)O. The lowest BCUT2D eigenvalue weighted by atomic mass is 9.90. The van der Waals surface area contributed by atoms with Crippen LogP contribution in [0, 0.1) is 11.8 Å². The van der Waals surface area contributed by atoms with E-state index in [1.165, 1.54) is 25.7 Å². The minimum absolute atomic E-state index is 0.0521. The summed E-state index contributed by atoms with van der Waals surface area (Å²) < 4.78 is 0. The first-order chi connectivity index (χ1) is 9.58. The van der Waals surface area contributed by atoms with Gasteiger partial charge in [0.1, 0.15) is 6.04 Å². The van der Waals surface area contributed by atoms with E-state index in [-0.39, 0.29) is 11.8 Å². The summed E-state index contributed by atoms with van der Waals surface area (Å²) in [5.41, 5.74) is 0. The van der Waals surface area contributed by atoms with Crippen LogP contribution < -0.4 is 5.32 Å². The van der Waals surface area contributed by atoms with Crippen LogP contribution in [0.2, 0.25) is 0 Å². The van der Waals surface area contributed by atoms with Gasteiger partial charge in [-0.05, 0) is 31.6 Å². The Kier molecular flexibility index (Phi) is 7.34. The summed E-state index contributed by atoms with van der Waals surface area (Å²) in [6.45, 7) is 5.58. The van der Waals surface area contributed by atoms with Gasteiger partial charge in [0.15, 0.2) is 0 Å². The van der Waals surface area contributed by atoms with Crippen LogP contribution >= 0.6 is 0 Å². The molecule has 1 aliphatic carbocycles. The molecule has 2 atom stereocenters. The third kappa shape index (κ3) is 5.35. The fourth-order valence-corrected chi connectivity index (χ4v) is 2.94. The van der Waals surface area contributed by atoms with Gasteiger partial charge < -0.3 is 10.4 Å². The van der Waals surface area contributed by atoms with Crippen LogP contribution in [-0.4, -0.2) is 23.0 Å². The molecule has 1 amide bonds. The quantitative estimate of drug-likeness (QED) is 0.638. The Morgan fingerprint density at radius 1 is 1.40 bits per heavy atom. The van der Waals surface area contributed by atoms with Crippen LogP contribution in [0.25, 0.3) is 0 Å². The van der Waals surface area contributed by atoms with Crippen LogP contribution in [0.4, 0.5) is 0 Å². The molecule has 4 nitrogen and oxygen atoms in total. The molecule has 2 unspecified atom stereocenters. The van der Waals surface area contributed by atoms with Gasteiger partial charge in [0.2, 0.25) is 5.91 Å². The summed E-state index contributed by atoms with van der Waals surface area (Å²) >= 11 is 0. The predicted molar refractivity (Wildman–Crippen MR) is 79.4 cm³/mol. The maximum Gasteiger partial charge on any atom is 0.326 e. The Bertz CT molecular complexity index is 335. The molecule has 1 rings (SSSR count). The van der Waals surface area contributed by atoms with E-state index in [2.05, 4.69) is 11.9 Å². The van der Waals surface area contributed by atoms with Crippen molar-refractivity contribution < 1.29 is 14.7 Å². The Hall–Kier alpha value is -1.32. The van der Waals surface area contributed by atoms with Gasteiger partial charge in [0.05, 0.1) is 0 Å². The first-order valence-electron chi connectivity index (χ1n) is 7.72. The Morgan fingerprint density at radius 3 is 2.55 bits per heavy atom. The molecule has 1 aliphatic rings. The lowest BCUT2D eigenvalue weighted by Crippen LogP contribution is -2.43. The van der Waals surface area contributed by atoms with Crippen LogP contribution in [0.1, 0.15) is 58.3 Å². The number of carbonyl (C=O) groups is 2. The average molecular weight is 281 g/mol. The number of carboxylic acid groups (broad SMARTS) is 1. The predicted octanol–water partition coefficient (Wildman–Crippen LogP) is 3.13. The molecule has 0 aromatic rings. The fourth-order valence-electron chi connectivity index (χ4n) is 2.94. The molecule has 0 saturated heterocycles. The number of nitrogens with one attached hydrogen (secondary N) is 1. The van der Waals surface area contributed by atoms with E-state index in [0.717, 1.165) is 12.8 Å². The second-order valence-corrected chi connectivity index (χ2v) is 5.76. The molecular formula is C16H27NO3. The summed E-state index contributed by atoms with van der Waals surface area (Å²) in [4.78, 5) is 23.4. The van der Waals surface area contributed by atoms with E-state index in [4.69, 9.17) is 5.11 Å². The van der Waals surface area contributed by atoms with Crippen LogP contribution in [0.5, 0.6) is 0 Å². The van der Waals surface area contributed by atoms with E-state index in [9.17, 15) is 9.59 Å². The second-order valence-electron chi connectivity index (χ2n) is 5.76. The van der Waals surface area contributed by atoms with Crippen LogP contribution in [0.15, 0.2) is 12.7 Å². The standard InChI is InChI=1S/C16H27NO3/c1-3-5-10-14(16(19)20)17-15(18)13(4-2)11-12-8-6-7-9-12/h3,12-14H,1,4-11H2,2H3,(H,17,18)(H,19,20). The average Bonchev–Trinajstić information content (AvgIpc) is 2.93. The molecule has 0 aromatic heterocycles. The number of allylic oxidation sites excluding steroid dienone is 1. The Balaban J connectivity index is 2.50. The monoisotopic (exact) mass is 281 g/mol. The summed E-state index contributed by atoms with van der Waals surface area (Å²) in [6.07, 6.45) is 9.30. The molecule has 114 valence electrons. The van der Waals surface area contributed by atoms with Gasteiger partial charge in [-0.2, -0.15) is 0 Å². The normalized spacial score (nSPS) is 18.4. The number of carbonyl (C=O) groups excluding carboxylic acids is 1. The summed E-state index contributed by atoms with van der Waals surface area (Å²) in [7, 11) is 0. The van der Waals surface area contributed by atoms with Crippen LogP contribution in [0.3, 0.4) is 0 Å². The summed E-state index contributed by atoms with van der Waals surface area (Å²) in [5.74, 6) is -0.474. The highest BCUT2D eigenvalue weighted by molar-refractivity contribution is 5.84. The van der Waals surface area contributed by atoms with Gasteiger partial charge in [-0.1, -0.05) is 38.7 Å². The zero-order valence-electron chi connectivity index (χ0n) is 12.4. The van der Waals surface area contributed by atoms with Crippen LogP contribution in [-0.2, 0) is 9.59 Å². The van der Waals surface area contributed by atoms with E-state index >= 15 is 0 Å². The molecule has 1 fully saturated rings. The van der Waals surface area contributed by atoms with E-state index in [1.807, 2.05) is 6.92 Å². The number of amides is 1. The molecule has 20 heavy (non-hydrogen) atoms. The first-order valence-corrected chi connectivity index (χ1v) is 7.72. The van der Waals surface area contributed by atoms with E-state index in [1.54, 1.807) is 6.08 Å². The minimum Gasteiger partial charge on any atom is -0.480 e. The molecule has 0 radical (unpaired) electrons. The largest absolute Gasteiger partial charge is 0.480 e. The molecular weight excluding hydrogens is 254 g/mol. The van der Waals surface area contributed by atoms with Gasteiger partial charge in [-0.3, -0.25) is 4.79 Å². The van der Waals surface area contributed by atoms with Crippen molar-refractivity contribution in [3.05, 3.63) is 12.7 Å². The number of hydrogen-bond acceptors (Lipinski definition) is 2. The minimum atomic E-state index is -0.962. The Labute approximate surface area is 121 Å². The lowest BCUT2D eigenvalue weighted by molar-refractivity contribution is -0.142. The van der Waals surface area contributed by atoms with Gasteiger partial charge >= 0.3 is 5.97 Å². The van der Waals surface area contributed by atoms with Crippen molar-refractivity contribution in [3.8, 4) is 0 Å². The Morgan fingerprint density at radius 2 is 2.05 bits per heavy atom. The molecule has 1 saturated carbocycles. The maximum atomic E-state index is 12.2. The van der Waals surface area contributed by atoms with E-state index in [0.29, 0.717) is 18.8 Å².